The summed E-state index contributed by atoms with van der Waals surface area (Å²) >= 11 is 0. The van der Waals surface area contributed by atoms with Crippen LogP contribution in [0.2, 0.25) is 0 Å². The normalized spacial score (nSPS) is 10.6. The number of aliphatic carboxylic acids is 1. The molecular weight excluding hydrogens is 348 g/mol. The van der Waals surface area contributed by atoms with Gasteiger partial charge < -0.3 is 20.5 Å². The van der Waals surface area contributed by atoms with Crippen LogP contribution in [0.5, 0.6) is 5.75 Å². The van der Waals surface area contributed by atoms with E-state index in [0.717, 1.165) is 11.8 Å². The van der Waals surface area contributed by atoms with Gasteiger partial charge >= 0.3 is 5.97 Å². The van der Waals surface area contributed by atoms with Crippen molar-refractivity contribution in [2.75, 3.05) is 18.5 Å². The molecule has 0 fully saturated rings. The highest BCUT2D eigenvalue weighted by atomic mass is 16.5. The van der Waals surface area contributed by atoms with Crippen molar-refractivity contribution < 1.29 is 24.2 Å². The first-order chi connectivity index (χ1) is 12.9. The molecule has 27 heavy (non-hydrogen) atoms. The number of carboxylic acids is 1. The van der Waals surface area contributed by atoms with Gasteiger partial charge in [-0.3, -0.25) is 9.59 Å². The van der Waals surface area contributed by atoms with E-state index in [1.165, 1.54) is 0 Å². The molecule has 0 spiro atoms. The number of benzene rings is 2. The van der Waals surface area contributed by atoms with Crippen LogP contribution in [0.15, 0.2) is 36.4 Å². The average molecular weight is 372 g/mol. The Hall–Kier alpha value is -3.09. The van der Waals surface area contributed by atoms with Crippen molar-refractivity contribution in [3.05, 3.63) is 36.4 Å². The van der Waals surface area contributed by atoms with Gasteiger partial charge in [-0.15, -0.1) is 0 Å². The maximum absolute atomic E-state index is 12.2. The van der Waals surface area contributed by atoms with E-state index in [1.54, 1.807) is 30.3 Å². The Kier molecular flexibility index (Phi) is 7.16. The third-order valence-corrected chi connectivity index (χ3v) is 3.90. The number of rotatable bonds is 9. The standard InChI is InChI=1S/C20H24N2O5/c1-13(2)7-10-18(23)21-11-19(24)22-16-8-9-17(27-12-20(25)26)15-6-4-3-5-14(15)16/h3-6,8-9,13H,7,10-12H2,1-2H3,(H,21,23)(H,22,24)(H,25,26). The van der Waals surface area contributed by atoms with E-state index >= 15 is 0 Å². The highest BCUT2D eigenvalue weighted by Crippen LogP contribution is 2.31. The lowest BCUT2D eigenvalue weighted by Gasteiger charge is -2.13. The molecule has 0 saturated carbocycles. The molecule has 7 nitrogen and oxygen atoms in total. The van der Waals surface area contributed by atoms with Crippen LogP contribution in [0, 0.1) is 5.92 Å². The molecule has 2 amide bonds. The van der Waals surface area contributed by atoms with Crippen LogP contribution in [0.3, 0.4) is 0 Å². The van der Waals surface area contributed by atoms with Gasteiger partial charge in [0, 0.05) is 22.9 Å². The van der Waals surface area contributed by atoms with Crippen molar-refractivity contribution in [3.63, 3.8) is 0 Å². The first-order valence-electron chi connectivity index (χ1n) is 8.79. The number of hydrogen-bond donors (Lipinski definition) is 3. The van der Waals surface area contributed by atoms with Crippen LogP contribution in [-0.4, -0.2) is 36.0 Å². The van der Waals surface area contributed by atoms with Crippen molar-refractivity contribution in [3.8, 4) is 5.75 Å². The summed E-state index contributed by atoms with van der Waals surface area (Å²) in [5, 5.41) is 15.6. The van der Waals surface area contributed by atoms with Crippen molar-refractivity contribution in [1.82, 2.24) is 5.32 Å². The Bertz CT molecular complexity index is 832. The molecule has 0 aromatic heterocycles. The zero-order chi connectivity index (χ0) is 19.8. The summed E-state index contributed by atoms with van der Waals surface area (Å²) in [6.07, 6.45) is 1.17. The van der Waals surface area contributed by atoms with Gasteiger partial charge in [0.15, 0.2) is 6.61 Å². The molecule has 0 saturated heterocycles. The lowest BCUT2D eigenvalue weighted by Crippen LogP contribution is -2.32. The molecule has 0 atom stereocenters. The Morgan fingerprint density at radius 1 is 1.04 bits per heavy atom. The summed E-state index contributed by atoms with van der Waals surface area (Å²) in [5.41, 5.74) is 0.565. The summed E-state index contributed by atoms with van der Waals surface area (Å²) in [4.78, 5) is 34.6. The molecule has 0 bridgehead atoms. The number of hydrogen-bond acceptors (Lipinski definition) is 4. The maximum Gasteiger partial charge on any atom is 0.341 e. The van der Waals surface area contributed by atoms with E-state index in [9.17, 15) is 14.4 Å². The second-order valence-corrected chi connectivity index (χ2v) is 6.60. The van der Waals surface area contributed by atoms with Crippen LogP contribution in [0.25, 0.3) is 10.8 Å². The fourth-order valence-electron chi connectivity index (χ4n) is 2.53. The number of carbonyl (C=O) groups is 3. The molecule has 0 heterocycles. The number of carbonyl (C=O) groups excluding carboxylic acids is 2. The number of ether oxygens (including phenoxy) is 1. The minimum Gasteiger partial charge on any atom is -0.481 e. The summed E-state index contributed by atoms with van der Waals surface area (Å²) < 4.78 is 5.30. The molecule has 2 rings (SSSR count). The summed E-state index contributed by atoms with van der Waals surface area (Å²) in [6, 6.07) is 10.5. The van der Waals surface area contributed by atoms with E-state index < -0.39 is 12.6 Å². The minimum absolute atomic E-state index is 0.109. The zero-order valence-electron chi connectivity index (χ0n) is 15.5. The number of carboxylic acid groups (broad SMARTS) is 1. The van der Waals surface area contributed by atoms with Crippen LogP contribution in [0.4, 0.5) is 5.69 Å². The first-order valence-corrected chi connectivity index (χ1v) is 8.79. The van der Waals surface area contributed by atoms with E-state index in [-0.39, 0.29) is 18.4 Å². The topological polar surface area (TPSA) is 105 Å². The lowest BCUT2D eigenvalue weighted by molar-refractivity contribution is -0.139. The van der Waals surface area contributed by atoms with Gasteiger partial charge in [-0.2, -0.15) is 0 Å². The van der Waals surface area contributed by atoms with Gasteiger partial charge in [-0.05, 0) is 24.5 Å². The molecule has 2 aromatic rings. The second kappa shape index (κ2) is 9.56. The predicted octanol–water partition coefficient (Wildman–Crippen LogP) is 2.79. The zero-order valence-corrected chi connectivity index (χ0v) is 15.5. The second-order valence-electron chi connectivity index (χ2n) is 6.60. The monoisotopic (exact) mass is 372 g/mol. The smallest absolute Gasteiger partial charge is 0.341 e. The molecular formula is C20H24N2O5. The highest BCUT2D eigenvalue weighted by Gasteiger charge is 2.11. The van der Waals surface area contributed by atoms with Gasteiger partial charge in [0.25, 0.3) is 0 Å². The Morgan fingerprint density at radius 2 is 1.74 bits per heavy atom. The first kappa shape index (κ1) is 20.2. The average Bonchev–Trinajstić information content (AvgIpc) is 2.64. The van der Waals surface area contributed by atoms with E-state index in [2.05, 4.69) is 10.6 Å². The van der Waals surface area contributed by atoms with Gasteiger partial charge in [0.1, 0.15) is 5.75 Å². The van der Waals surface area contributed by atoms with Crippen LogP contribution in [0.1, 0.15) is 26.7 Å². The van der Waals surface area contributed by atoms with E-state index in [1.807, 2.05) is 19.9 Å². The Labute approximate surface area is 157 Å². The molecule has 0 aliphatic rings. The Morgan fingerprint density at radius 3 is 2.41 bits per heavy atom. The number of nitrogens with one attached hydrogen (secondary N) is 2. The molecule has 144 valence electrons. The minimum atomic E-state index is -1.07. The van der Waals surface area contributed by atoms with Crippen molar-refractivity contribution in [1.29, 1.82) is 0 Å². The number of anilines is 1. The Balaban J connectivity index is 2.04. The number of fused-ring (bicyclic) bond motifs is 1. The molecule has 3 N–H and O–H groups in total. The summed E-state index contributed by atoms with van der Waals surface area (Å²) in [6.45, 7) is 3.52. The lowest BCUT2D eigenvalue weighted by atomic mass is 10.1. The van der Waals surface area contributed by atoms with Crippen LogP contribution in [-0.2, 0) is 14.4 Å². The molecule has 0 unspecified atom stereocenters. The fourth-order valence-corrected chi connectivity index (χ4v) is 2.53. The van der Waals surface area contributed by atoms with Crippen LogP contribution < -0.4 is 15.4 Å². The van der Waals surface area contributed by atoms with Gasteiger partial charge in [-0.25, -0.2) is 4.79 Å². The SMILES string of the molecule is CC(C)CCC(=O)NCC(=O)Nc1ccc(OCC(=O)O)c2ccccc12. The van der Waals surface area contributed by atoms with E-state index in [4.69, 9.17) is 9.84 Å². The largest absolute Gasteiger partial charge is 0.481 e. The van der Waals surface area contributed by atoms with Gasteiger partial charge in [-0.1, -0.05) is 38.1 Å². The molecule has 0 radical (unpaired) electrons. The third kappa shape index (κ3) is 6.29. The third-order valence-electron chi connectivity index (χ3n) is 3.90. The molecule has 0 aliphatic carbocycles. The molecule has 2 aromatic carbocycles. The number of amides is 2. The quantitative estimate of drug-likeness (QED) is 0.628. The maximum atomic E-state index is 12.2. The predicted molar refractivity (Wildman–Crippen MR) is 103 cm³/mol. The van der Waals surface area contributed by atoms with Gasteiger partial charge in [0.2, 0.25) is 11.8 Å². The molecule has 0 aliphatic heterocycles. The molecule has 7 heteroatoms. The van der Waals surface area contributed by atoms with Crippen molar-refractivity contribution in [2.45, 2.75) is 26.7 Å². The van der Waals surface area contributed by atoms with Crippen molar-refractivity contribution >= 4 is 34.2 Å². The van der Waals surface area contributed by atoms with Gasteiger partial charge in [0.05, 0.1) is 6.54 Å². The van der Waals surface area contributed by atoms with Crippen molar-refractivity contribution in [2.24, 2.45) is 5.92 Å². The van der Waals surface area contributed by atoms with E-state index in [0.29, 0.717) is 29.2 Å². The van der Waals surface area contributed by atoms with Crippen LogP contribution >= 0.6 is 0 Å². The highest BCUT2D eigenvalue weighted by molar-refractivity contribution is 6.05. The summed E-state index contributed by atoms with van der Waals surface area (Å²) in [7, 11) is 0. The summed E-state index contributed by atoms with van der Waals surface area (Å²) in [5.74, 6) is -0.700. The fraction of sp³-hybridized carbons (Fsp3) is 0.350.